The lowest BCUT2D eigenvalue weighted by Crippen LogP contribution is -2.09. The van der Waals surface area contributed by atoms with Crippen LogP contribution in [0.4, 0.5) is 17.1 Å². The third-order valence-corrected chi connectivity index (χ3v) is 11.5. The Kier molecular flexibility index (Phi) is 6.42. The molecule has 244 valence electrons. The summed E-state index contributed by atoms with van der Waals surface area (Å²) in [6.07, 6.45) is 0. The van der Waals surface area contributed by atoms with E-state index in [0.717, 1.165) is 72.1 Å². The molecule has 11 rings (SSSR count). The summed E-state index contributed by atoms with van der Waals surface area (Å²) < 4.78 is 15.4. The highest BCUT2D eigenvalue weighted by Gasteiger charge is 2.18. The van der Waals surface area contributed by atoms with Crippen LogP contribution in [-0.2, 0) is 0 Å². The van der Waals surface area contributed by atoms with E-state index in [1.165, 1.54) is 31.3 Å². The van der Waals surface area contributed by atoms with Gasteiger partial charge in [0.1, 0.15) is 22.3 Å². The van der Waals surface area contributed by atoms with Gasteiger partial charge in [0, 0.05) is 70.4 Å². The van der Waals surface area contributed by atoms with Crippen molar-refractivity contribution in [3.8, 4) is 22.3 Å². The van der Waals surface area contributed by atoms with Crippen molar-refractivity contribution in [2.24, 2.45) is 0 Å². The Bertz CT molecular complexity index is 2970. The molecule has 3 aromatic heterocycles. The maximum Gasteiger partial charge on any atom is 0.143 e. The first-order chi connectivity index (χ1) is 25.8. The number of rotatable bonds is 5. The fourth-order valence-corrected chi connectivity index (χ4v) is 9.07. The van der Waals surface area contributed by atoms with Crippen molar-refractivity contribution in [3.63, 3.8) is 0 Å². The van der Waals surface area contributed by atoms with Gasteiger partial charge in [-0.3, -0.25) is 0 Å². The molecule has 0 spiro atoms. The van der Waals surface area contributed by atoms with Crippen molar-refractivity contribution >= 4 is 92.4 Å². The number of hydrogen-bond acceptors (Lipinski definition) is 4. The monoisotopic (exact) mass is 683 g/mol. The molecule has 4 heteroatoms. The Hall–Kier alpha value is -6.62. The van der Waals surface area contributed by atoms with Gasteiger partial charge < -0.3 is 13.7 Å². The molecule has 0 radical (unpaired) electrons. The number of thiophene rings is 1. The van der Waals surface area contributed by atoms with Gasteiger partial charge in [-0.1, -0.05) is 115 Å². The second kappa shape index (κ2) is 11.5. The van der Waals surface area contributed by atoms with E-state index in [1.807, 2.05) is 35.6 Å². The minimum Gasteiger partial charge on any atom is -0.456 e. The molecule has 0 aliphatic rings. The van der Waals surface area contributed by atoms with Crippen LogP contribution >= 0.6 is 11.3 Å². The summed E-state index contributed by atoms with van der Waals surface area (Å²) in [5.41, 5.74) is 11.3. The van der Waals surface area contributed by atoms with Crippen LogP contribution in [0.5, 0.6) is 0 Å². The number of hydrogen-bond donors (Lipinski definition) is 0. The molecule has 0 saturated carbocycles. The van der Waals surface area contributed by atoms with Gasteiger partial charge in [0.2, 0.25) is 0 Å². The molecule has 3 heterocycles. The van der Waals surface area contributed by atoms with E-state index in [9.17, 15) is 0 Å². The van der Waals surface area contributed by atoms with E-state index in [4.69, 9.17) is 8.83 Å². The highest BCUT2D eigenvalue weighted by atomic mass is 32.1. The van der Waals surface area contributed by atoms with Gasteiger partial charge in [0.25, 0.3) is 0 Å². The lowest BCUT2D eigenvalue weighted by atomic mass is 10.0. The summed E-state index contributed by atoms with van der Waals surface area (Å²) in [4.78, 5) is 2.31. The fourth-order valence-electron chi connectivity index (χ4n) is 7.83. The zero-order chi connectivity index (χ0) is 34.2. The summed E-state index contributed by atoms with van der Waals surface area (Å²) in [5, 5.41) is 7.12. The van der Waals surface area contributed by atoms with Crippen LogP contribution in [0.15, 0.2) is 185 Å². The van der Waals surface area contributed by atoms with E-state index >= 15 is 0 Å². The molecule has 0 fully saturated rings. The molecule has 0 aliphatic carbocycles. The standard InChI is InChI=1S/C48H29NO2S/c1-4-16-43-37(9-1)39-28-27-34(29-45(39)50-43)49(32-23-19-30(20-24-32)35-12-7-14-41-38-10-2-5-17-44(38)51-47(35)41)33-25-21-31(22-26-33)36-13-8-15-42-40-11-3-6-18-46(40)52-48(36)42/h1-29H. The Morgan fingerprint density at radius 3 is 1.65 bits per heavy atom. The van der Waals surface area contributed by atoms with Crippen LogP contribution < -0.4 is 4.90 Å². The van der Waals surface area contributed by atoms with Crippen LogP contribution in [0.3, 0.4) is 0 Å². The zero-order valence-electron chi connectivity index (χ0n) is 27.9. The molecular formula is C48H29NO2S. The number of fused-ring (bicyclic) bond motifs is 9. The van der Waals surface area contributed by atoms with Gasteiger partial charge in [-0.15, -0.1) is 11.3 Å². The van der Waals surface area contributed by atoms with Gasteiger partial charge in [-0.05, 0) is 71.3 Å². The molecule has 52 heavy (non-hydrogen) atoms. The van der Waals surface area contributed by atoms with Crippen LogP contribution in [0, 0.1) is 0 Å². The van der Waals surface area contributed by atoms with Crippen molar-refractivity contribution in [2.45, 2.75) is 0 Å². The normalized spacial score (nSPS) is 11.8. The molecule has 8 aromatic carbocycles. The molecule has 11 aromatic rings. The fraction of sp³-hybridized carbons (Fsp3) is 0. The molecule has 3 nitrogen and oxygen atoms in total. The van der Waals surface area contributed by atoms with E-state index in [2.05, 4.69) is 157 Å². The number of furan rings is 2. The van der Waals surface area contributed by atoms with Gasteiger partial charge in [0.15, 0.2) is 0 Å². The summed E-state index contributed by atoms with van der Waals surface area (Å²) >= 11 is 1.86. The highest BCUT2D eigenvalue weighted by Crippen LogP contribution is 2.43. The number of benzene rings is 8. The minimum atomic E-state index is 0.866. The Morgan fingerprint density at radius 2 is 0.904 bits per heavy atom. The van der Waals surface area contributed by atoms with E-state index < -0.39 is 0 Å². The number of anilines is 3. The number of nitrogens with zero attached hydrogens (tertiary/aromatic N) is 1. The second-order valence-electron chi connectivity index (χ2n) is 13.3. The smallest absolute Gasteiger partial charge is 0.143 e. The van der Waals surface area contributed by atoms with Crippen molar-refractivity contribution in [3.05, 3.63) is 176 Å². The molecule has 0 aliphatic heterocycles. The molecule has 0 saturated heterocycles. The number of para-hydroxylation sites is 3. The maximum atomic E-state index is 6.39. The summed E-state index contributed by atoms with van der Waals surface area (Å²) in [5.74, 6) is 0. The van der Waals surface area contributed by atoms with Crippen LogP contribution in [0.2, 0.25) is 0 Å². The van der Waals surface area contributed by atoms with Gasteiger partial charge in [-0.2, -0.15) is 0 Å². The molecule has 0 amide bonds. The van der Waals surface area contributed by atoms with Crippen LogP contribution in [0.25, 0.3) is 86.3 Å². The van der Waals surface area contributed by atoms with Crippen LogP contribution in [0.1, 0.15) is 0 Å². The van der Waals surface area contributed by atoms with Crippen molar-refractivity contribution in [1.29, 1.82) is 0 Å². The Morgan fingerprint density at radius 1 is 0.365 bits per heavy atom. The summed E-state index contributed by atoms with van der Waals surface area (Å²) in [6, 6.07) is 62.5. The molecule has 0 bridgehead atoms. The highest BCUT2D eigenvalue weighted by molar-refractivity contribution is 7.26. The van der Waals surface area contributed by atoms with E-state index in [0.29, 0.717) is 0 Å². The average Bonchev–Trinajstić information content (AvgIpc) is 3.90. The lowest BCUT2D eigenvalue weighted by Gasteiger charge is -2.26. The zero-order valence-corrected chi connectivity index (χ0v) is 28.7. The Labute approximate surface area is 303 Å². The topological polar surface area (TPSA) is 29.5 Å². The minimum absolute atomic E-state index is 0.866. The lowest BCUT2D eigenvalue weighted by molar-refractivity contribution is 0.669. The van der Waals surface area contributed by atoms with Gasteiger partial charge >= 0.3 is 0 Å². The molecular weight excluding hydrogens is 655 g/mol. The predicted octanol–water partition coefficient (Wildman–Crippen LogP) is 14.7. The first-order valence-electron chi connectivity index (χ1n) is 17.5. The first-order valence-corrected chi connectivity index (χ1v) is 18.3. The largest absolute Gasteiger partial charge is 0.456 e. The van der Waals surface area contributed by atoms with Crippen LogP contribution in [-0.4, -0.2) is 0 Å². The second-order valence-corrected chi connectivity index (χ2v) is 14.3. The summed E-state index contributed by atoms with van der Waals surface area (Å²) in [7, 11) is 0. The third-order valence-electron chi connectivity index (χ3n) is 10.3. The van der Waals surface area contributed by atoms with Crippen molar-refractivity contribution in [2.75, 3.05) is 4.90 Å². The molecule has 0 unspecified atom stereocenters. The molecule has 0 atom stereocenters. The van der Waals surface area contributed by atoms with Crippen molar-refractivity contribution < 1.29 is 8.83 Å². The average molecular weight is 684 g/mol. The maximum absolute atomic E-state index is 6.39. The molecule has 0 N–H and O–H groups in total. The van der Waals surface area contributed by atoms with Gasteiger partial charge in [-0.25, -0.2) is 0 Å². The summed E-state index contributed by atoms with van der Waals surface area (Å²) in [6.45, 7) is 0. The predicted molar refractivity (Wildman–Crippen MR) is 219 cm³/mol. The van der Waals surface area contributed by atoms with E-state index in [1.54, 1.807) is 0 Å². The Balaban J connectivity index is 1.03. The van der Waals surface area contributed by atoms with Gasteiger partial charge in [0.05, 0.1) is 0 Å². The quantitative estimate of drug-likeness (QED) is 0.181. The van der Waals surface area contributed by atoms with E-state index in [-0.39, 0.29) is 0 Å². The SMILES string of the molecule is c1ccc2c(c1)oc1cc(N(c3ccc(-c4cccc5c4oc4ccccc45)cc3)c3ccc(-c4cccc5c4sc4ccccc45)cc3)ccc12. The first kappa shape index (κ1) is 29.1. The van der Waals surface area contributed by atoms with Crippen molar-refractivity contribution in [1.82, 2.24) is 0 Å². The third kappa shape index (κ3) is 4.51.